The van der Waals surface area contributed by atoms with Crippen molar-refractivity contribution in [2.45, 2.75) is 50.8 Å². The molecular formula is C14H22N2O4S. The van der Waals surface area contributed by atoms with Gasteiger partial charge in [-0.3, -0.25) is 14.3 Å². The van der Waals surface area contributed by atoms with Gasteiger partial charge in [-0.25, -0.2) is 8.42 Å². The van der Waals surface area contributed by atoms with E-state index in [1.807, 2.05) is 20.8 Å². The lowest BCUT2D eigenvalue weighted by molar-refractivity contribution is -0.137. The van der Waals surface area contributed by atoms with Crippen LogP contribution in [-0.2, 0) is 19.6 Å². The molecule has 2 atom stereocenters. The Morgan fingerprint density at radius 1 is 1.24 bits per heavy atom. The van der Waals surface area contributed by atoms with Crippen molar-refractivity contribution in [1.29, 1.82) is 0 Å². The van der Waals surface area contributed by atoms with Crippen molar-refractivity contribution in [3.05, 3.63) is 12.7 Å². The van der Waals surface area contributed by atoms with Crippen molar-refractivity contribution in [3.63, 3.8) is 0 Å². The minimum absolute atomic E-state index is 0.296. The van der Waals surface area contributed by atoms with E-state index in [1.54, 1.807) is 0 Å². The number of sulfonamides is 1. The fourth-order valence-electron chi connectivity index (χ4n) is 2.33. The molecular weight excluding hydrogens is 292 g/mol. The first kappa shape index (κ1) is 16.0. The number of allylic oxidation sites excluding steroid dienone is 1. The summed E-state index contributed by atoms with van der Waals surface area (Å²) >= 11 is 0. The zero-order valence-corrected chi connectivity index (χ0v) is 13.4. The highest BCUT2D eigenvalue weighted by molar-refractivity contribution is 7.90. The molecule has 2 N–H and O–H groups in total. The van der Waals surface area contributed by atoms with Gasteiger partial charge in [0, 0.05) is 11.5 Å². The van der Waals surface area contributed by atoms with Crippen LogP contribution in [0.25, 0.3) is 0 Å². The molecule has 0 aromatic carbocycles. The van der Waals surface area contributed by atoms with Gasteiger partial charge in [0.25, 0.3) is 0 Å². The largest absolute Gasteiger partial charge is 0.351 e. The third kappa shape index (κ3) is 3.12. The lowest BCUT2D eigenvalue weighted by Crippen LogP contribution is -2.51. The van der Waals surface area contributed by atoms with Crippen LogP contribution in [0.2, 0.25) is 0 Å². The van der Waals surface area contributed by atoms with Gasteiger partial charge < -0.3 is 5.32 Å². The van der Waals surface area contributed by atoms with E-state index in [2.05, 4.69) is 16.6 Å². The van der Waals surface area contributed by atoms with Gasteiger partial charge in [0.05, 0.1) is 5.25 Å². The normalized spacial score (nSPS) is 28.6. The zero-order valence-electron chi connectivity index (χ0n) is 12.6. The SMILES string of the molecule is C=C[C@@H]1C[C@@]1(C(=O)NC(C)(C)C)C(=O)NS(=O)(=O)C1CC1. The standard InChI is InChI=1S/C14H22N2O4S/c1-5-9-8-14(9,11(17)15-13(2,3)4)12(18)16-21(19,20)10-6-7-10/h5,9-10H,1,6-8H2,2-4H3,(H,15,17)(H,16,18)/t9-,14-/m1/s1. The summed E-state index contributed by atoms with van der Waals surface area (Å²) in [6, 6.07) is 0. The monoisotopic (exact) mass is 314 g/mol. The van der Waals surface area contributed by atoms with Crippen molar-refractivity contribution in [1.82, 2.24) is 10.0 Å². The van der Waals surface area contributed by atoms with Gasteiger partial charge in [0.15, 0.2) is 0 Å². The first-order valence-corrected chi connectivity index (χ1v) is 8.59. The maximum Gasteiger partial charge on any atom is 0.249 e. The fraction of sp³-hybridized carbons (Fsp3) is 0.714. The van der Waals surface area contributed by atoms with Gasteiger partial charge in [-0.1, -0.05) is 6.08 Å². The molecule has 21 heavy (non-hydrogen) atoms. The molecule has 2 rings (SSSR count). The van der Waals surface area contributed by atoms with Crippen LogP contribution in [0.15, 0.2) is 12.7 Å². The van der Waals surface area contributed by atoms with E-state index in [1.165, 1.54) is 6.08 Å². The molecule has 2 fully saturated rings. The third-order valence-electron chi connectivity index (χ3n) is 3.80. The molecule has 2 saturated carbocycles. The molecule has 0 saturated heterocycles. The summed E-state index contributed by atoms with van der Waals surface area (Å²) in [6.07, 6.45) is 2.96. The Bertz CT molecular complexity index is 587. The lowest BCUT2D eigenvalue weighted by atomic mass is 9.99. The Hall–Kier alpha value is -1.37. The van der Waals surface area contributed by atoms with Gasteiger partial charge in [-0.05, 0) is 40.0 Å². The second-order valence-electron chi connectivity index (χ2n) is 6.90. The number of carbonyl (C=O) groups is 2. The summed E-state index contributed by atoms with van der Waals surface area (Å²) in [5.74, 6) is -1.50. The molecule has 2 aliphatic rings. The van der Waals surface area contributed by atoms with E-state index < -0.39 is 38.0 Å². The molecule has 2 amide bonds. The highest BCUT2D eigenvalue weighted by Gasteiger charge is 2.65. The van der Waals surface area contributed by atoms with Gasteiger partial charge in [0.1, 0.15) is 5.41 Å². The highest BCUT2D eigenvalue weighted by Crippen LogP contribution is 2.54. The highest BCUT2D eigenvalue weighted by atomic mass is 32.2. The number of nitrogens with one attached hydrogen (secondary N) is 2. The van der Waals surface area contributed by atoms with Gasteiger partial charge in [-0.15, -0.1) is 6.58 Å². The molecule has 7 heteroatoms. The van der Waals surface area contributed by atoms with Gasteiger partial charge in [-0.2, -0.15) is 0 Å². The van der Waals surface area contributed by atoms with E-state index in [9.17, 15) is 18.0 Å². The summed E-state index contributed by atoms with van der Waals surface area (Å²) in [6.45, 7) is 9.04. The molecule has 2 aliphatic carbocycles. The van der Waals surface area contributed by atoms with E-state index >= 15 is 0 Å². The Labute approximate surface area is 125 Å². The molecule has 0 aromatic rings. The Morgan fingerprint density at radius 3 is 2.19 bits per heavy atom. The van der Waals surface area contributed by atoms with E-state index in [4.69, 9.17) is 0 Å². The minimum Gasteiger partial charge on any atom is -0.351 e. The number of amides is 2. The number of carbonyl (C=O) groups excluding carboxylic acids is 2. The van der Waals surface area contributed by atoms with Crippen LogP contribution in [0.3, 0.4) is 0 Å². The molecule has 6 nitrogen and oxygen atoms in total. The quantitative estimate of drug-likeness (QED) is 0.577. The number of hydrogen-bond acceptors (Lipinski definition) is 4. The Morgan fingerprint density at radius 2 is 1.81 bits per heavy atom. The Balaban J connectivity index is 2.17. The maximum atomic E-state index is 12.4. The van der Waals surface area contributed by atoms with E-state index in [-0.39, 0.29) is 5.92 Å². The summed E-state index contributed by atoms with van der Waals surface area (Å²) in [5, 5.41) is 2.26. The van der Waals surface area contributed by atoms with Gasteiger partial charge in [0.2, 0.25) is 21.8 Å². The first-order valence-electron chi connectivity index (χ1n) is 7.04. The van der Waals surface area contributed by atoms with Crippen LogP contribution in [-0.4, -0.2) is 31.0 Å². The molecule has 0 heterocycles. The molecule has 0 aliphatic heterocycles. The average Bonchev–Trinajstić information content (AvgIpc) is 3.19. The zero-order chi connectivity index (χ0) is 16.1. The second kappa shape index (κ2) is 4.83. The molecule has 0 spiro atoms. The average molecular weight is 314 g/mol. The molecule has 0 bridgehead atoms. The van der Waals surface area contributed by atoms with E-state index in [0.717, 1.165) is 0 Å². The van der Waals surface area contributed by atoms with Crippen LogP contribution >= 0.6 is 0 Å². The van der Waals surface area contributed by atoms with Gasteiger partial charge >= 0.3 is 0 Å². The lowest BCUT2D eigenvalue weighted by Gasteiger charge is -2.24. The predicted molar refractivity (Wildman–Crippen MR) is 78.7 cm³/mol. The van der Waals surface area contributed by atoms with Crippen LogP contribution in [0.1, 0.15) is 40.0 Å². The van der Waals surface area contributed by atoms with Crippen LogP contribution in [0.5, 0.6) is 0 Å². The van der Waals surface area contributed by atoms with Crippen LogP contribution in [0, 0.1) is 11.3 Å². The second-order valence-corrected chi connectivity index (χ2v) is 8.86. The smallest absolute Gasteiger partial charge is 0.249 e. The topological polar surface area (TPSA) is 92.3 Å². The Kier molecular flexibility index (Phi) is 3.68. The van der Waals surface area contributed by atoms with Crippen molar-refractivity contribution < 1.29 is 18.0 Å². The van der Waals surface area contributed by atoms with Crippen molar-refractivity contribution >= 4 is 21.8 Å². The molecule has 0 radical (unpaired) electrons. The fourth-order valence-corrected chi connectivity index (χ4v) is 3.70. The summed E-state index contributed by atoms with van der Waals surface area (Å²) in [5.41, 5.74) is -1.83. The number of rotatable bonds is 5. The number of hydrogen-bond donors (Lipinski definition) is 2. The molecule has 0 aromatic heterocycles. The summed E-state index contributed by atoms with van der Waals surface area (Å²) in [4.78, 5) is 24.8. The van der Waals surface area contributed by atoms with E-state index in [0.29, 0.717) is 19.3 Å². The van der Waals surface area contributed by atoms with Crippen LogP contribution in [0.4, 0.5) is 0 Å². The van der Waals surface area contributed by atoms with Crippen molar-refractivity contribution in [2.75, 3.05) is 0 Å². The van der Waals surface area contributed by atoms with Crippen molar-refractivity contribution in [3.8, 4) is 0 Å². The minimum atomic E-state index is -3.65. The first-order chi connectivity index (χ1) is 9.53. The predicted octanol–water partition coefficient (Wildman–Crippen LogP) is 0.702. The third-order valence-corrected chi connectivity index (χ3v) is 5.62. The summed E-state index contributed by atoms with van der Waals surface area (Å²) < 4.78 is 25.9. The summed E-state index contributed by atoms with van der Waals surface area (Å²) in [7, 11) is -3.65. The van der Waals surface area contributed by atoms with Crippen molar-refractivity contribution in [2.24, 2.45) is 11.3 Å². The molecule has 118 valence electrons. The molecule has 0 unspecified atom stereocenters. The van der Waals surface area contributed by atoms with Crippen LogP contribution < -0.4 is 10.0 Å². The maximum absolute atomic E-state index is 12.4.